The fourth-order valence-electron chi connectivity index (χ4n) is 2.28. The van der Waals surface area contributed by atoms with Crippen LogP contribution in [-0.2, 0) is 9.53 Å². The van der Waals surface area contributed by atoms with Crippen molar-refractivity contribution < 1.29 is 24.2 Å². The zero-order valence-corrected chi connectivity index (χ0v) is 12.1. The Bertz CT molecular complexity index is 428. The summed E-state index contributed by atoms with van der Waals surface area (Å²) in [5.41, 5.74) is -0.761. The number of amides is 3. The Morgan fingerprint density at radius 2 is 1.71 bits per heavy atom. The first-order valence-electron chi connectivity index (χ1n) is 7.16. The van der Waals surface area contributed by atoms with Crippen LogP contribution >= 0.6 is 0 Å². The van der Waals surface area contributed by atoms with Gasteiger partial charge in [-0.2, -0.15) is 0 Å². The molecule has 0 radical (unpaired) electrons. The van der Waals surface area contributed by atoms with Crippen molar-refractivity contribution in [2.24, 2.45) is 5.41 Å². The first-order valence-corrected chi connectivity index (χ1v) is 7.16. The van der Waals surface area contributed by atoms with Gasteiger partial charge in [0.1, 0.15) is 0 Å². The van der Waals surface area contributed by atoms with Crippen molar-refractivity contribution in [1.29, 1.82) is 0 Å². The van der Waals surface area contributed by atoms with E-state index in [1.165, 1.54) is 0 Å². The number of ether oxygens (including phenoxy) is 1. The van der Waals surface area contributed by atoms with Crippen molar-refractivity contribution in [3.8, 4) is 0 Å². The third kappa shape index (κ3) is 3.56. The second-order valence-corrected chi connectivity index (χ2v) is 5.42. The van der Waals surface area contributed by atoms with E-state index in [1.54, 1.807) is 16.7 Å². The third-order valence-electron chi connectivity index (χ3n) is 3.98. The average molecular weight is 299 g/mol. The van der Waals surface area contributed by atoms with Crippen LogP contribution in [0.4, 0.5) is 9.59 Å². The molecule has 0 atom stereocenters. The molecule has 1 heterocycles. The Labute approximate surface area is 123 Å². The maximum absolute atomic E-state index is 12.0. The molecular weight excluding hydrogens is 278 g/mol. The van der Waals surface area contributed by atoms with E-state index in [4.69, 9.17) is 9.84 Å². The number of rotatable bonds is 4. The number of urea groups is 1. The highest BCUT2D eigenvalue weighted by Gasteiger charge is 2.50. The maximum Gasteiger partial charge on any atom is 0.409 e. The summed E-state index contributed by atoms with van der Waals surface area (Å²) in [7, 11) is 0. The quantitative estimate of drug-likeness (QED) is 0.779. The number of nitrogens with one attached hydrogen (secondary N) is 1. The van der Waals surface area contributed by atoms with Crippen LogP contribution in [0.1, 0.15) is 19.8 Å². The highest BCUT2D eigenvalue weighted by molar-refractivity contribution is 5.80. The summed E-state index contributed by atoms with van der Waals surface area (Å²) >= 11 is 0. The number of carboxylic acid groups (broad SMARTS) is 1. The van der Waals surface area contributed by atoms with Gasteiger partial charge in [0, 0.05) is 32.7 Å². The highest BCUT2D eigenvalue weighted by Crippen LogP contribution is 2.45. The SMILES string of the molecule is CCOC(=O)N1CCN(C(=O)NCC2(C(=O)O)CC2)CC1. The number of aliphatic carboxylic acids is 1. The molecule has 0 bridgehead atoms. The molecule has 8 heteroatoms. The van der Waals surface area contributed by atoms with Crippen LogP contribution in [0, 0.1) is 5.41 Å². The van der Waals surface area contributed by atoms with Crippen LogP contribution in [0.3, 0.4) is 0 Å². The van der Waals surface area contributed by atoms with Crippen LogP contribution in [0.5, 0.6) is 0 Å². The lowest BCUT2D eigenvalue weighted by molar-refractivity contribution is -0.143. The summed E-state index contributed by atoms with van der Waals surface area (Å²) in [5, 5.41) is 11.7. The Morgan fingerprint density at radius 3 is 2.19 bits per heavy atom. The summed E-state index contributed by atoms with van der Waals surface area (Å²) < 4.78 is 4.91. The Balaban J connectivity index is 1.73. The minimum Gasteiger partial charge on any atom is -0.481 e. The van der Waals surface area contributed by atoms with E-state index < -0.39 is 11.4 Å². The van der Waals surface area contributed by atoms with E-state index in [9.17, 15) is 14.4 Å². The smallest absolute Gasteiger partial charge is 0.409 e. The Morgan fingerprint density at radius 1 is 1.14 bits per heavy atom. The minimum atomic E-state index is -0.852. The van der Waals surface area contributed by atoms with Crippen molar-refractivity contribution in [2.75, 3.05) is 39.3 Å². The molecule has 8 nitrogen and oxygen atoms in total. The van der Waals surface area contributed by atoms with Crippen LogP contribution in [-0.4, -0.2) is 72.3 Å². The molecule has 1 saturated carbocycles. The van der Waals surface area contributed by atoms with Crippen molar-refractivity contribution >= 4 is 18.1 Å². The molecule has 21 heavy (non-hydrogen) atoms. The second-order valence-electron chi connectivity index (χ2n) is 5.42. The Kier molecular flexibility index (Phi) is 4.54. The van der Waals surface area contributed by atoms with Gasteiger partial charge in [-0.3, -0.25) is 4.79 Å². The number of carbonyl (C=O) groups is 3. The molecule has 1 saturated heterocycles. The number of hydrogen-bond donors (Lipinski definition) is 2. The first kappa shape index (κ1) is 15.4. The zero-order chi connectivity index (χ0) is 15.5. The number of carboxylic acids is 1. The summed E-state index contributed by atoms with van der Waals surface area (Å²) in [6, 6.07) is -0.272. The van der Waals surface area contributed by atoms with Gasteiger partial charge in [-0.1, -0.05) is 0 Å². The first-order chi connectivity index (χ1) is 9.98. The van der Waals surface area contributed by atoms with Gasteiger partial charge < -0.3 is 25.0 Å². The molecule has 2 N–H and O–H groups in total. The molecule has 0 aromatic carbocycles. The fraction of sp³-hybridized carbons (Fsp3) is 0.769. The summed E-state index contributed by atoms with van der Waals surface area (Å²) in [5.74, 6) is -0.852. The predicted octanol–water partition coefficient (Wildman–Crippen LogP) is 0.335. The van der Waals surface area contributed by atoms with E-state index in [1.807, 2.05) is 0 Å². The largest absolute Gasteiger partial charge is 0.481 e. The second kappa shape index (κ2) is 6.19. The summed E-state index contributed by atoms with van der Waals surface area (Å²) in [4.78, 5) is 37.7. The van der Waals surface area contributed by atoms with Gasteiger partial charge in [0.05, 0.1) is 12.0 Å². The molecule has 0 aromatic heterocycles. The monoisotopic (exact) mass is 299 g/mol. The lowest BCUT2D eigenvalue weighted by Crippen LogP contribution is -2.54. The molecular formula is C13H21N3O5. The lowest BCUT2D eigenvalue weighted by Gasteiger charge is -2.34. The molecule has 118 valence electrons. The molecule has 1 aliphatic heterocycles. The minimum absolute atomic E-state index is 0.166. The molecule has 3 amide bonds. The lowest BCUT2D eigenvalue weighted by atomic mass is 10.1. The normalized spacial score (nSPS) is 19.9. The molecule has 1 aliphatic carbocycles. The summed E-state index contributed by atoms with van der Waals surface area (Å²) in [6.07, 6.45) is 0.860. The molecule has 0 unspecified atom stereocenters. The number of nitrogens with zero attached hydrogens (tertiary/aromatic N) is 2. The molecule has 0 aromatic rings. The zero-order valence-electron chi connectivity index (χ0n) is 12.1. The summed E-state index contributed by atoms with van der Waals surface area (Å²) in [6.45, 7) is 3.94. The van der Waals surface area contributed by atoms with E-state index in [0.29, 0.717) is 45.6 Å². The van der Waals surface area contributed by atoms with Gasteiger partial charge in [-0.15, -0.1) is 0 Å². The van der Waals surface area contributed by atoms with E-state index >= 15 is 0 Å². The maximum atomic E-state index is 12.0. The predicted molar refractivity (Wildman–Crippen MR) is 72.9 cm³/mol. The van der Waals surface area contributed by atoms with Gasteiger partial charge in [0.2, 0.25) is 0 Å². The van der Waals surface area contributed by atoms with Crippen LogP contribution < -0.4 is 5.32 Å². The van der Waals surface area contributed by atoms with Crippen LogP contribution in [0.25, 0.3) is 0 Å². The standard InChI is InChI=1S/C13H21N3O5/c1-2-21-12(20)16-7-5-15(6-8-16)11(19)14-9-13(3-4-13)10(17)18/h2-9H2,1H3,(H,14,19)(H,17,18). The van der Waals surface area contributed by atoms with E-state index in [-0.39, 0.29) is 18.7 Å². The fourth-order valence-corrected chi connectivity index (χ4v) is 2.28. The molecule has 0 spiro atoms. The number of hydrogen-bond acceptors (Lipinski definition) is 4. The van der Waals surface area contributed by atoms with Crippen molar-refractivity contribution in [1.82, 2.24) is 15.1 Å². The van der Waals surface area contributed by atoms with Crippen LogP contribution in [0.15, 0.2) is 0 Å². The van der Waals surface area contributed by atoms with Gasteiger partial charge in [0.15, 0.2) is 0 Å². The van der Waals surface area contributed by atoms with Gasteiger partial charge in [-0.25, -0.2) is 9.59 Å². The van der Waals surface area contributed by atoms with Gasteiger partial charge in [0.25, 0.3) is 0 Å². The van der Waals surface area contributed by atoms with Gasteiger partial charge in [-0.05, 0) is 19.8 Å². The van der Waals surface area contributed by atoms with Crippen molar-refractivity contribution in [3.05, 3.63) is 0 Å². The molecule has 2 aliphatic rings. The topological polar surface area (TPSA) is 99.2 Å². The average Bonchev–Trinajstić information content (AvgIpc) is 3.26. The Hall–Kier alpha value is -1.99. The van der Waals surface area contributed by atoms with Crippen molar-refractivity contribution in [3.63, 3.8) is 0 Å². The number of carbonyl (C=O) groups excluding carboxylic acids is 2. The van der Waals surface area contributed by atoms with E-state index in [0.717, 1.165) is 0 Å². The van der Waals surface area contributed by atoms with E-state index in [2.05, 4.69) is 5.32 Å². The highest BCUT2D eigenvalue weighted by atomic mass is 16.6. The third-order valence-corrected chi connectivity index (χ3v) is 3.98. The van der Waals surface area contributed by atoms with Crippen LogP contribution in [0.2, 0.25) is 0 Å². The molecule has 2 rings (SSSR count). The van der Waals surface area contributed by atoms with Gasteiger partial charge >= 0.3 is 18.1 Å². The molecule has 2 fully saturated rings. The van der Waals surface area contributed by atoms with Crippen molar-refractivity contribution in [2.45, 2.75) is 19.8 Å². The number of piperazine rings is 1.